The summed E-state index contributed by atoms with van der Waals surface area (Å²) in [6.45, 7) is 0.109. The van der Waals surface area contributed by atoms with E-state index in [1.165, 1.54) is 14.2 Å². The predicted octanol–water partition coefficient (Wildman–Crippen LogP) is 5.12. The van der Waals surface area contributed by atoms with Gasteiger partial charge in [0.05, 0.1) is 37.6 Å². The Labute approximate surface area is 191 Å². The number of Topliss-reactive ketones (excluding diaryl/α,β-unsaturated/α-hetero) is 1. The number of fused-ring (bicyclic) bond motifs is 2. The second kappa shape index (κ2) is 9.78. The van der Waals surface area contributed by atoms with E-state index in [9.17, 15) is 9.59 Å². The van der Waals surface area contributed by atoms with Crippen LogP contribution < -0.4 is 14.4 Å². The van der Waals surface area contributed by atoms with Crippen molar-refractivity contribution in [2.45, 2.75) is 16.2 Å². The Kier molecular flexibility index (Phi) is 6.66. The van der Waals surface area contributed by atoms with E-state index >= 15 is 0 Å². The van der Waals surface area contributed by atoms with E-state index in [0.29, 0.717) is 23.6 Å². The number of carbonyl (C=O) groups is 2. The average molecular weight is 450 g/mol. The van der Waals surface area contributed by atoms with Gasteiger partial charge in [-0.05, 0) is 36.4 Å². The van der Waals surface area contributed by atoms with Crippen LogP contribution in [0.4, 0.5) is 11.4 Å². The Morgan fingerprint density at radius 3 is 2.16 bits per heavy atom. The number of carbonyl (C=O) groups excluding carboxylic acids is 2. The van der Waals surface area contributed by atoms with Gasteiger partial charge in [0.2, 0.25) is 5.78 Å². The summed E-state index contributed by atoms with van der Waals surface area (Å²) in [4.78, 5) is 29.4. The first-order valence-corrected chi connectivity index (χ1v) is 11.0. The van der Waals surface area contributed by atoms with Crippen LogP contribution in [0.1, 0.15) is 16.8 Å². The number of hydrogen-bond donors (Lipinski definition) is 0. The minimum absolute atomic E-state index is 0.153. The third-order valence-electron chi connectivity index (χ3n) is 5.14. The van der Waals surface area contributed by atoms with Crippen molar-refractivity contribution in [1.82, 2.24) is 0 Å². The first-order valence-electron chi connectivity index (χ1n) is 10.1. The van der Waals surface area contributed by atoms with Crippen molar-refractivity contribution in [3.8, 4) is 11.5 Å². The molecule has 0 spiro atoms. The molecular formula is C25H23NO5S. The van der Waals surface area contributed by atoms with Crippen molar-refractivity contribution in [3.63, 3.8) is 0 Å². The summed E-state index contributed by atoms with van der Waals surface area (Å²) in [5.41, 5.74) is 2.46. The van der Waals surface area contributed by atoms with E-state index in [1.807, 2.05) is 36.4 Å². The Balaban J connectivity index is 1.40. The SMILES string of the molecule is COc1ccc(C(=O)COC(=O)CCN2c3ccccc3Sc3ccccc32)c(OC)c1. The molecule has 0 aromatic heterocycles. The molecule has 0 unspecified atom stereocenters. The largest absolute Gasteiger partial charge is 0.497 e. The van der Waals surface area contributed by atoms with Crippen LogP contribution in [0, 0.1) is 0 Å². The number of methoxy groups -OCH3 is 2. The van der Waals surface area contributed by atoms with E-state index in [0.717, 1.165) is 21.2 Å². The fourth-order valence-electron chi connectivity index (χ4n) is 3.55. The van der Waals surface area contributed by atoms with Gasteiger partial charge in [0.1, 0.15) is 11.5 Å². The van der Waals surface area contributed by atoms with Crippen LogP contribution in [0.15, 0.2) is 76.5 Å². The molecule has 3 aromatic rings. The van der Waals surface area contributed by atoms with Gasteiger partial charge in [-0.3, -0.25) is 9.59 Å². The third-order valence-corrected chi connectivity index (χ3v) is 6.28. The number of ether oxygens (including phenoxy) is 3. The Morgan fingerprint density at radius 1 is 0.875 bits per heavy atom. The van der Waals surface area contributed by atoms with Crippen molar-refractivity contribution in [2.75, 3.05) is 32.3 Å². The highest BCUT2D eigenvalue weighted by Crippen LogP contribution is 2.47. The summed E-state index contributed by atoms with van der Waals surface area (Å²) in [5, 5.41) is 0. The molecule has 1 aliphatic rings. The zero-order valence-electron chi connectivity index (χ0n) is 17.9. The van der Waals surface area contributed by atoms with Crippen LogP contribution >= 0.6 is 11.8 Å². The maximum Gasteiger partial charge on any atom is 0.308 e. The molecule has 4 rings (SSSR count). The van der Waals surface area contributed by atoms with Gasteiger partial charge >= 0.3 is 5.97 Å². The number of ketones is 1. The van der Waals surface area contributed by atoms with Gasteiger partial charge in [-0.25, -0.2) is 0 Å². The maximum atomic E-state index is 12.6. The molecule has 0 radical (unpaired) electrons. The van der Waals surface area contributed by atoms with Gasteiger partial charge in [0.25, 0.3) is 0 Å². The third kappa shape index (κ3) is 4.57. The molecule has 0 saturated carbocycles. The van der Waals surface area contributed by atoms with Gasteiger partial charge in [-0.15, -0.1) is 0 Å². The van der Waals surface area contributed by atoms with Crippen molar-refractivity contribution in [2.24, 2.45) is 0 Å². The molecule has 32 heavy (non-hydrogen) atoms. The second-order valence-electron chi connectivity index (χ2n) is 7.09. The Hall–Kier alpha value is -3.45. The van der Waals surface area contributed by atoms with E-state index in [4.69, 9.17) is 14.2 Å². The lowest BCUT2D eigenvalue weighted by atomic mass is 10.1. The fourth-order valence-corrected chi connectivity index (χ4v) is 4.65. The summed E-state index contributed by atoms with van der Waals surface area (Å²) in [7, 11) is 3.01. The number of para-hydroxylation sites is 2. The van der Waals surface area contributed by atoms with Gasteiger partial charge in [-0.2, -0.15) is 0 Å². The fraction of sp³-hybridized carbons (Fsp3) is 0.200. The standard InChI is InChI=1S/C25H23NO5S/c1-29-17-11-12-18(22(15-17)30-2)21(27)16-31-25(28)13-14-26-19-7-3-5-9-23(19)32-24-10-6-4-8-20(24)26/h3-12,15H,13-14,16H2,1-2H3. The van der Waals surface area contributed by atoms with Crippen molar-refractivity contribution >= 4 is 34.9 Å². The molecule has 0 aliphatic carbocycles. The molecular weight excluding hydrogens is 426 g/mol. The van der Waals surface area contributed by atoms with Gasteiger partial charge < -0.3 is 19.1 Å². The van der Waals surface area contributed by atoms with E-state index in [2.05, 4.69) is 17.0 Å². The zero-order chi connectivity index (χ0) is 22.5. The quantitative estimate of drug-likeness (QED) is 0.349. The van der Waals surface area contributed by atoms with E-state index in [-0.39, 0.29) is 18.8 Å². The number of nitrogens with zero attached hydrogens (tertiary/aromatic N) is 1. The predicted molar refractivity (Wildman–Crippen MR) is 123 cm³/mol. The first kappa shape index (κ1) is 21.8. The molecule has 0 atom stereocenters. The molecule has 0 bridgehead atoms. The summed E-state index contributed by atoms with van der Waals surface area (Å²) in [5.74, 6) is 0.196. The number of anilines is 2. The summed E-state index contributed by atoms with van der Waals surface area (Å²) < 4.78 is 15.7. The Morgan fingerprint density at radius 2 is 1.53 bits per heavy atom. The van der Waals surface area contributed by atoms with Gasteiger partial charge in [0.15, 0.2) is 6.61 Å². The lowest BCUT2D eigenvalue weighted by Gasteiger charge is -2.32. The highest BCUT2D eigenvalue weighted by Gasteiger charge is 2.23. The first-order chi connectivity index (χ1) is 15.6. The number of rotatable bonds is 8. The van der Waals surface area contributed by atoms with Gasteiger partial charge in [-0.1, -0.05) is 36.0 Å². The van der Waals surface area contributed by atoms with Crippen LogP contribution in [0.5, 0.6) is 11.5 Å². The highest BCUT2D eigenvalue weighted by molar-refractivity contribution is 7.99. The molecule has 1 aliphatic heterocycles. The van der Waals surface area contributed by atoms with E-state index in [1.54, 1.807) is 30.0 Å². The van der Waals surface area contributed by atoms with Crippen LogP contribution in [-0.2, 0) is 9.53 Å². The van der Waals surface area contributed by atoms with Crippen LogP contribution in [0.3, 0.4) is 0 Å². The lowest BCUT2D eigenvalue weighted by Crippen LogP contribution is -2.25. The molecule has 6 nitrogen and oxygen atoms in total. The molecule has 0 N–H and O–H groups in total. The lowest BCUT2D eigenvalue weighted by molar-refractivity contribution is -0.142. The minimum atomic E-state index is -0.431. The van der Waals surface area contributed by atoms with Crippen LogP contribution in [0.2, 0.25) is 0 Å². The number of hydrogen-bond acceptors (Lipinski definition) is 7. The normalized spacial score (nSPS) is 11.9. The number of benzene rings is 3. The topological polar surface area (TPSA) is 65.1 Å². The van der Waals surface area contributed by atoms with Crippen molar-refractivity contribution in [1.29, 1.82) is 0 Å². The summed E-state index contributed by atoms with van der Waals surface area (Å²) in [6.07, 6.45) is 0.153. The molecule has 1 heterocycles. The summed E-state index contributed by atoms with van der Waals surface area (Å²) in [6, 6.07) is 21.1. The van der Waals surface area contributed by atoms with Crippen molar-refractivity contribution in [3.05, 3.63) is 72.3 Å². The molecule has 0 saturated heterocycles. The maximum absolute atomic E-state index is 12.6. The second-order valence-corrected chi connectivity index (χ2v) is 8.17. The van der Waals surface area contributed by atoms with Crippen LogP contribution in [-0.4, -0.2) is 39.1 Å². The highest BCUT2D eigenvalue weighted by atomic mass is 32.2. The minimum Gasteiger partial charge on any atom is -0.497 e. The molecule has 0 fully saturated rings. The molecule has 3 aromatic carbocycles. The zero-order valence-corrected chi connectivity index (χ0v) is 18.7. The molecule has 7 heteroatoms. The average Bonchev–Trinajstić information content (AvgIpc) is 2.84. The van der Waals surface area contributed by atoms with Crippen molar-refractivity contribution < 1.29 is 23.8 Å². The van der Waals surface area contributed by atoms with Gasteiger partial charge in [0, 0.05) is 22.4 Å². The Bertz CT molecular complexity index is 1100. The summed E-state index contributed by atoms with van der Waals surface area (Å²) >= 11 is 1.72. The molecule has 0 amide bonds. The van der Waals surface area contributed by atoms with E-state index < -0.39 is 5.97 Å². The molecule has 164 valence electrons. The van der Waals surface area contributed by atoms with Crippen LogP contribution in [0.25, 0.3) is 0 Å². The monoisotopic (exact) mass is 449 g/mol. The number of esters is 1. The smallest absolute Gasteiger partial charge is 0.308 e.